The Kier molecular flexibility index (Phi) is 2.45. The summed E-state index contributed by atoms with van der Waals surface area (Å²) in [4.78, 5) is 9.88. The van der Waals surface area contributed by atoms with E-state index in [0.29, 0.717) is 12.1 Å². The van der Waals surface area contributed by atoms with E-state index in [0.717, 1.165) is 4.47 Å². The van der Waals surface area contributed by atoms with E-state index in [1.165, 1.54) is 0 Å². The van der Waals surface area contributed by atoms with Crippen LogP contribution in [0.25, 0.3) is 0 Å². The minimum Gasteiger partial charge on any atom is -0.276 e. The molecule has 0 saturated carbocycles. The molecule has 10 heavy (non-hydrogen) atoms. The molecular formula is C7H5BrNO. The molecule has 0 unspecified atom stereocenters. The van der Waals surface area contributed by atoms with Crippen molar-refractivity contribution in [1.82, 2.24) is 5.32 Å². The van der Waals surface area contributed by atoms with Gasteiger partial charge in [-0.1, -0.05) is 15.9 Å². The highest BCUT2D eigenvalue weighted by molar-refractivity contribution is 9.10. The maximum atomic E-state index is 9.88. The van der Waals surface area contributed by atoms with Crippen LogP contribution in [0, 0.1) is 0 Å². The summed E-state index contributed by atoms with van der Waals surface area (Å²) in [5, 5.41) is 3.55. The third-order valence-electron chi connectivity index (χ3n) is 1.03. The Labute approximate surface area is 67.4 Å². The Bertz CT molecular complexity index is 220. The molecule has 0 aliphatic heterocycles. The van der Waals surface area contributed by atoms with Gasteiger partial charge in [0.1, 0.15) is 0 Å². The molecule has 0 saturated heterocycles. The SMILES string of the molecule is O=C[N]c1ccc(Br)cc1. The van der Waals surface area contributed by atoms with Crippen molar-refractivity contribution in [1.29, 1.82) is 0 Å². The van der Waals surface area contributed by atoms with E-state index in [9.17, 15) is 4.79 Å². The first-order chi connectivity index (χ1) is 4.83. The normalized spacial score (nSPS) is 8.90. The van der Waals surface area contributed by atoms with Gasteiger partial charge >= 0.3 is 0 Å². The van der Waals surface area contributed by atoms with Gasteiger partial charge in [0.25, 0.3) is 0 Å². The van der Waals surface area contributed by atoms with Crippen LogP contribution in [0.5, 0.6) is 0 Å². The highest BCUT2D eigenvalue weighted by atomic mass is 79.9. The largest absolute Gasteiger partial charge is 0.276 e. The van der Waals surface area contributed by atoms with Crippen LogP contribution >= 0.6 is 15.9 Å². The zero-order valence-corrected chi connectivity index (χ0v) is 6.71. The molecule has 3 heteroatoms. The van der Waals surface area contributed by atoms with Gasteiger partial charge < -0.3 is 0 Å². The zero-order chi connectivity index (χ0) is 7.40. The fraction of sp³-hybridized carbons (Fsp3) is 0. The Morgan fingerprint density at radius 3 is 2.40 bits per heavy atom. The maximum Gasteiger partial charge on any atom is 0.233 e. The van der Waals surface area contributed by atoms with Crippen molar-refractivity contribution in [2.45, 2.75) is 0 Å². The lowest BCUT2D eigenvalue weighted by Crippen LogP contribution is -1.90. The highest BCUT2D eigenvalue weighted by Gasteiger charge is 1.89. The molecule has 1 radical (unpaired) electrons. The number of carbonyl (C=O) groups excluding carboxylic acids is 1. The number of amides is 1. The second kappa shape index (κ2) is 3.37. The zero-order valence-electron chi connectivity index (χ0n) is 5.12. The van der Waals surface area contributed by atoms with E-state index in [4.69, 9.17) is 0 Å². The first-order valence-corrected chi connectivity index (χ1v) is 3.52. The maximum absolute atomic E-state index is 9.88. The average molecular weight is 199 g/mol. The minimum absolute atomic E-state index is 0.531. The molecule has 0 N–H and O–H groups in total. The summed E-state index contributed by atoms with van der Waals surface area (Å²) >= 11 is 3.27. The van der Waals surface area contributed by atoms with Gasteiger partial charge in [0.05, 0.1) is 5.69 Å². The van der Waals surface area contributed by atoms with Crippen molar-refractivity contribution in [2.75, 3.05) is 0 Å². The lowest BCUT2D eigenvalue weighted by Gasteiger charge is -1.92. The Morgan fingerprint density at radius 2 is 1.90 bits per heavy atom. The average Bonchev–Trinajstić information content (AvgIpc) is 1.95. The van der Waals surface area contributed by atoms with Crippen LogP contribution in [0.3, 0.4) is 0 Å². The van der Waals surface area contributed by atoms with Gasteiger partial charge in [-0.15, -0.1) is 0 Å². The molecule has 1 rings (SSSR count). The number of rotatable bonds is 2. The molecule has 1 aromatic rings. The summed E-state index contributed by atoms with van der Waals surface area (Å²) in [5.74, 6) is 0. The third kappa shape index (κ3) is 1.84. The van der Waals surface area contributed by atoms with Gasteiger partial charge in [0.15, 0.2) is 0 Å². The quantitative estimate of drug-likeness (QED) is 0.668. The monoisotopic (exact) mass is 198 g/mol. The Morgan fingerprint density at radius 1 is 1.30 bits per heavy atom. The molecule has 0 heterocycles. The highest BCUT2D eigenvalue weighted by Crippen LogP contribution is 2.13. The molecular weight excluding hydrogens is 194 g/mol. The smallest absolute Gasteiger partial charge is 0.233 e. The molecule has 1 amide bonds. The van der Waals surface area contributed by atoms with E-state index in [1.54, 1.807) is 12.1 Å². The fourth-order valence-electron chi connectivity index (χ4n) is 0.588. The van der Waals surface area contributed by atoms with Gasteiger partial charge in [0, 0.05) is 4.47 Å². The Balaban J connectivity index is 2.78. The summed E-state index contributed by atoms with van der Waals surface area (Å²) in [6.07, 6.45) is 0.531. The van der Waals surface area contributed by atoms with E-state index < -0.39 is 0 Å². The van der Waals surface area contributed by atoms with Crippen LogP contribution < -0.4 is 5.32 Å². The van der Waals surface area contributed by atoms with Crippen LogP contribution in [0.15, 0.2) is 28.7 Å². The number of carbonyl (C=O) groups is 1. The van der Waals surface area contributed by atoms with E-state index >= 15 is 0 Å². The lowest BCUT2D eigenvalue weighted by molar-refractivity contribution is -0.108. The van der Waals surface area contributed by atoms with Gasteiger partial charge in [-0.3, -0.25) is 4.79 Å². The molecule has 0 atom stereocenters. The van der Waals surface area contributed by atoms with E-state index in [1.807, 2.05) is 12.1 Å². The molecule has 0 aromatic heterocycles. The number of nitrogens with zero attached hydrogens (tertiary/aromatic N) is 1. The summed E-state index contributed by atoms with van der Waals surface area (Å²) in [7, 11) is 0. The van der Waals surface area contributed by atoms with Crippen molar-refractivity contribution in [3.63, 3.8) is 0 Å². The predicted octanol–water partition coefficient (Wildman–Crippen LogP) is 1.84. The molecule has 0 aliphatic carbocycles. The van der Waals surface area contributed by atoms with Gasteiger partial charge in [0.2, 0.25) is 6.41 Å². The van der Waals surface area contributed by atoms with Crippen LogP contribution in [-0.2, 0) is 4.79 Å². The fourth-order valence-corrected chi connectivity index (χ4v) is 0.852. The van der Waals surface area contributed by atoms with Crippen LogP contribution in [-0.4, -0.2) is 6.41 Å². The molecule has 0 bridgehead atoms. The van der Waals surface area contributed by atoms with Gasteiger partial charge in [-0.25, -0.2) is 5.32 Å². The lowest BCUT2D eigenvalue weighted by atomic mass is 10.3. The van der Waals surface area contributed by atoms with Crippen LogP contribution in [0.1, 0.15) is 0 Å². The van der Waals surface area contributed by atoms with Crippen molar-refractivity contribution in [2.24, 2.45) is 0 Å². The first kappa shape index (κ1) is 7.28. The molecule has 2 nitrogen and oxygen atoms in total. The first-order valence-electron chi connectivity index (χ1n) is 2.73. The van der Waals surface area contributed by atoms with Crippen molar-refractivity contribution >= 4 is 28.0 Å². The number of benzene rings is 1. The van der Waals surface area contributed by atoms with Crippen LogP contribution in [0.4, 0.5) is 5.69 Å². The summed E-state index contributed by atoms with van der Waals surface area (Å²) in [6.45, 7) is 0. The molecule has 0 fully saturated rings. The van der Waals surface area contributed by atoms with E-state index in [-0.39, 0.29) is 0 Å². The second-order valence-electron chi connectivity index (χ2n) is 1.71. The number of halogens is 1. The standard InChI is InChI=1S/C7H5BrNO/c8-6-1-3-7(4-2-6)9-5-10/h1-5H. The summed E-state index contributed by atoms with van der Waals surface area (Å²) in [5.41, 5.74) is 0.679. The van der Waals surface area contributed by atoms with Gasteiger partial charge in [-0.2, -0.15) is 0 Å². The topological polar surface area (TPSA) is 31.2 Å². The van der Waals surface area contributed by atoms with E-state index in [2.05, 4.69) is 21.2 Å². The number of hydrogen-bond acceptors (Lipinski definition) is 1. The minimum atomic E-state index is 0.531. The molecule has 51 valence electrons. The summed E-state index contributed by atoms with van der Waals surface area (Å²) < 4.78 is 0.984. The molecule has 1 aromatic carbocycles. The molecule has 0 aliphatic rings. The van der Waals surface area contributed by atoms with Gasteiger partial charge in [-0.05, 0) is 24.3 Å². The summed E-state index contributed by atoms with van der Waals surface area (Å²) in [6, 6.07) is 7.20. The van der Waals surface area contributed by atoms with Crippen molar-refractivity contribution in [3.8, 4) is 0 Å². The third-order valence-corrected chi connectivity index (χ3v) is 1.56. The number of hydrogen-bond donors (Lipinski definition) is 0. The van der Waals surface area contributed by atoms with Crippen molar-refractivity contribution < 1.29 is 4.79 Å². The predicted molar refractivity (Wildman–Crippen MR) is 42.0 cm³/mol. The Hall–Kier alpha value is -0.830. The second-order valence-corrected chi connectivity index (χ2v) is 2.63. The van der Waals surface area contributed by atoms with Crippen molar-refractivity contribution in [3.05, 3.63) is 28.7 Å². The van der Waals surface area contributed by atoms with Crippen LogP contribution in [0.2, 0.25) is 0 Å². The molecule has 0 spiro atoms.